The third kappa shape index (κ3) is 3.18. The van der Waals surface area contributed by atoms with Gasteiger partial charge in [-0.05, 0) is 31.2 Å². The van der Waals surface area contributed by atoms with Crippen LogP contribution in [0.1, 0.15) is 11.3 Å². The molecule has 8 nitrogen and oxygen atoms in total. The molecule has 8 heteroatoms. The Balaban J connectivity index is 1.69. The second-order valence-corrected chi connectivity index (χ2v) is 6.08. The summed E-state index contributed by atoms with van der Waals surface area (Å²) in [5, 5.41) is 20.7. The minimum atomic E-state index is -0.431. The van der Waals surface area contributed by atoms with Gasteiger partial charge in [0.1, 0.15) is 0 Å². The Hall–Kier alpha value is -4.07. The minimum absolute atomic E-state index is 0.000929. The molecule has 0 saturated heterocycles. The second kappa shape index (κ2) is 7.28. The Morgan fingerprint density at radius 1 is 1.11 bits per heavy atom. The van der Waals surface area contributed by atoms with Gasteiger partial charge in [0.15, 0.2) is 5.65 Å². The van der Waals surface area contributed by atoms with Gasteiger partial charge in [0, 0.05) is 12.3 Å². The first-order chi connectivity index (χ1) is 13.6. The fourth-order valence-corrected chi connectivity index (χ4v) is 2.99. The van der Waals surface area contributed by atoms with E-state index in [-0.39, 0.29) is 5.69 Å². The molecule has 0 fully saturated rings. The van der Waals surface area contributed by atoms with Gasteiger partial charge in [-0.1, -0.05) is 30.3 Å². The lowest BCUT2D eigenvalue weighted by atomic mass is 10.2. The fraction of sp³-hybridized carbons (Fsp3) is 0.0500. The van der Waals surface area contributed by atoms with Crippen molar-refractivity contribution >= 4 is 28.6 Å². The number of nitrogens with one attached hydrogen (secondary N) is 1. The number of aromatic nitrogens is 3. The molecule has 0 radical (unpaired) electrons. The summed E-state index contributed by atoms with van der Waals surface area (Å²) in [6.07, 6.45) is 3.10. The highest BCUT2D eigenvalue weighted by Crippen LogP contribution is 2.27. The van der Waals surface area contributed by atoms with Crippen molar-refractivity contribution in [3.05, 3.63) is 88.2 Å². The Labute approximate surface area is 160 Å². The van der Waals surface area contributed by atoms with E-state index in [4.69, 9.17) is 0 Å². The third-order valence-electron chi connectivity index (χ3n) is 4.27. The summed E-state index contributed by atoms with van der Waals surface area (Å²) >= 11 is 0. The van der Waals surface area contributed by atoms with Crippen LogP contribution in [0.2, 0.25) is 0 Å². The molecular weight excluding hydrogens is 356 g/mol. The van der Waals surface area contributed by atoms with Crippen molar-refractivity contribution in [2.75, 3.05) is 5.43 Å². The number of fused-ring (bicyclic) bond motifs is 1. The van der Waals surface area contributed by atoms with E-state index < -0.39 is 4.92 Å². The van der Waals surface area contributed by atoms with Crippen LogP contribution >= 0.6 is 0 Å². The van der Waals surface area contributed by atoms with Gasteiger partial charge < -0.3 is 0 Å². The highest BCUT2D eigenvalue weighted by Gasteiger charge is 2.14. The van der Waals surface area contributed by atoms with Crippen molar-refractivity contribution in [3.8, 4) is 5.69 Å². The maximum atomic E-state index is 11.1. The van der Waals surface area contributed by atoms with Gasteiger partial charge in [0.25, 0.3) is 5.69 Å². The van der Waals surface area contributed by atoms with Crippen LogP contribution in [-0.4, -0.2) is 25.9 Å². The Morgan fingerprint density at radius 3 is 2.64 bits per heavy atom. The van der Waals surface area contributed by atoms with Crippen molar-refractivity contribution in [1.29, 1.82) is 0 Å². The summed E-state index contributed by atoms with van der Waals surface area (Å²) < 4.78 is 1.78. The van der Waals surface area contributed by atoms with E-state index in [0.717, 1.165) is 22.5 Å². The first kappa shape index (κ1) is 17.3. The molecule has 0 aliphatic heterocycles. The number of hydrazone groups is 1. The summed E-state index contributed by atoms with van der Waals surface area (Å²) in [7, 11) is 0. The first-order valence-corrected chi connectivity index (χ1v) is 8.57. The highest BCUT2D eigenvalue weighted by molar-refractivity contribution is 5.93. The average Bonchev–Trinajstić information content (AvgIpc) is 3.06. The van der Waals surface area contributed by atoms with Crippen LogP contribution in [0, 0.1) is 17.0 Å². The van der Waals surface area contributed by atoms with Crippen LogP contribution in [-0.2, 0) is 0 Å². The summed E-state index contributed by atoms with van der Waals surface area (Å²) in [4.78, 5) is 15.1. The lowest BCUT2D eigenvalue weighted by Gasteiger charge is -2.04. The molecule has 0 atom stereocenters. The van der Waals surface area contributed by atoms with Crippen LogP contribution in [0.3, 0.4) is 0 Å². The smallest absolute Gasteiger partial charge is 0.278 e. The van der Waals surface area contributed by atoms with Crippen molar-refractivity contribution < 1.29 is 4.92 Å². The van der Waals surface area contributed by atoms with Gasteiger partial charge in [0.05, 0.1) is 39.2 Å². The SMILES string of the molecule is Cc1nn(-c2ccccc2)c2nccc(N/N=C/c3ccccc3[N+](=O)[O-])c12. The molecule has 0 saturated carbocycles. The molecule has 0 unspecified atom stereocenters. The molecular formula is C20H16N6O2. The topological polar surface area (TPSA) is 98.2 Å². The highest BCUT2D eigenvalue weighted by atomic mass is 16.6. The molecule has 0 aliphatic carbocycles. The van der Waals surface area contributed by atoms with Crippen molar-refractivity contribution in [2.24, 2.45) is 5.10 Å². The predicted molar refractivity (Wildman–Crippen MR) is 108 cm³/mol. The summed E-state index contributed by atoms with van der Waals surface area (Å²) in [5.41, 5.74) is 6.52. The number of aryl methyl sites for hydroxylation is 1. The van der Waals surface area contributed by atoms with Gasteiger partial charge in [0.2, 0.25) is 0 Å². The zero-order chi connectivity index (χ0) is 19.5. The van der Waals surface area contributed by atoms with E-state index in [1.165, 1.54) is 12.3 Å². The summed E-state index contributed by atoms with van der Waals surface area (Å²) in [5.74, 6) is 0. The fourth-order valence-electron chi connectivity index (χ4n) is 2.99. The Bertz CT molecular complexity index is 1180. The average molecular weight is 372 g/mol. The monoisotopic (exact) mass is 372 g/mol. The lowest BCUT2D eigenvalue weighted by Crippen LogP contribution is -1.98. The number of nitro benzene ring substituents is 1. The first-order valence-electron chi connectivity index (χ1n) is 8.57. The minimum Gasteiger partial charge on any atom is -0.278 e. The van der Waals surface area contributed by atoms with Crippen molar-refractivity contribution in [2.45, 2.75) is 6.92 Å². The number of nitrogens with zero attached hydrogens (tertiary/aromatic N) is 5. The van der Waals surface area contributed by atoms with Crippen LogP contribution in [0.25, 0.3) is 16.7 Å². The molecule has 28 heavy (non-hydrogen) atoms. The zero-order valence-corrected chi connectivity index (χ0v) is 15.0. The number of hydrogen-bond donors (Lipinski definition) is 1. The second-order valence-electron chi connectivity index (χ2n) is 6.08. The van der Waals surface area contributed by atoms with Crippen LogP contribution in [0.5, 0.6) is 0 Å². The number of hydrogen-bond acceptors (Lipinski definition) is 6. The van der Waals surface area contributed by atoms with E-state index in [9.17, 15) is 10.1 Å². The van der Waals surface area contributed by atoms with Gasteiger partial charge in [-0.3, -0.25) is 15.5 Å². The molecule has 0 aliphatic rings. The largest absolute Gasteiger partial charge is 0.278 e. The normalized spacial score (nSPS) is 11.2. The molecule has 2 aromatic carbocycles. The van der Waals surface area contributed by atoms with Crippen molar-refractivity contribution in [1.82, 2.24) is 14.8 Å². The number of nitro groups is 1. The molecule has 4 aromatic rings. The number of rotatable bonds is 5. The van der Waals surface area contributed by atoms with E-state index in [0.29, 0.717) is 11.2 Å². The summed E-state index contributed by atoms with van der Waals surface area (Å²) in [6.45, 7) is 1.90. The van der Waals surface area contributed by atoms with Gasteiger partial charge in [-0.2, -0.15) is 10.2 Å². The molecule has 138 valence electrons. The zero-order valence-electron chi connectivity index (χ0n) is 15.0. The lowest BCUT2D eigenvalue weighted by molar-refractivity contribution is -0.385. The van der Waals surface area contributed by atoms with E-state index in [1.807, 2.05) is 37.3 Å². The number of pyridine rings is 1. The molecule has 0 amide bonds. The van der Waals surface area contributed by atoms with Crippen LogP contribution in [0.4, 0.5) is 11.4 Å². The molecule has 0 bridgehead atoms. The molecule has 2 aromatic heterocycles. The molecule has 4 rings (SSSR count). The maximum Gasteiger partial charge on any atom is 0.278 e. The Morgan fingerprint density at radius 2 is 1.86 bits per heavy atom. The van der Waals surface area contributed by atoms with E-state index in [1.54, 1.807) is 35.1 Å². The van der Waals surface area contributed by atoms with Crippen molar-refractivity contribution in [3.63, 3.8) is 0 Å². The molecule has 2 heterocycles. The van der Waals surface area contributed by atoms with E-state index >= 15 is 0 Å². The van der Waals surface area contributed by atoms with Crippen LogP contribution < -0.4 is 5.43 Å². The van der Waals surface area contributed by atoms with Gasteiger partial charge in [-0.25, -0.2) is 9.67 Å². The quantitative estimate of drug-likeness (QED) is 0.323. The third-order valence-corrected chi connectivity index (χ3v) is 4.27. The maximum absolute atomic E-state index is 11.1. The number of anilines is 1. The van der Waals surface area contributed by atoms with E-state index in [2.05, 4.69) is 20.6 Å². The Kier molecular flexibility index (Phi) is 4.51. The molecule has 1 N–H and O–H groups in total. The number of benzene rings is 2. The van der Waals surface area contributed by atoms with Gasteiger partial charge in [-0.15, -0.1) is 0 Å². The van der Waals surface area contributed by atoms with Gasteiger partial charge >= 0.3 is 0 Å². The molecule has 0 spiro atoms. The predicted octanol–water partition coefficient (Wildman–Crippen LogP) is 4.08. The van der Waals surface area contributed by atoms with Crippen LogP contribution in [0.15, 0.2) is 72.0 Å². The summed E-state index contributed by atoms with van der Waals surface area (Å²) in [6, 6.07) is 18.0. The number of para-hydroxylation sites is 2. The standard InChI is InChI=1S/C20H16N6O2/c1-14-19-17(23-22-13-15-7-5-6-10-18(15)26(27)28)11-12-21-20(19)25(24-14)16-8-3-2-4-9-16/h2-13H,1H3,(H,21,23)/b22-13+.